The summed E-state index contributed by atoms with van der Waals surface area (Å²) in [6.45, 7) is 6.87. The zero-order chi connectivity index (χ0) is 25.7. The number of benzene rings is 2. The first-order valence-corrected chi connectivity index (χ1v) is 12.3. The van der Waals surface area contributed by atoms with Gasteiger partial charge in [0.05, 0.1) is 35.2 Å². The maximum Gasteiger partial charge on any atom is 0.338 e. The number of anilines is 1. The summed E-state index contributed by atoms with van der Waals surface area (Å²) < 4.78 is 6.94. The summed E-state index contributed by atoms with van der Waals surface area (Å²) in [5.41, 5.74) is 3.12. The lowest BCUT2D eigenvalue weighted by molar-refractivity contribution is -0.139. The molecule has 1 atom stereocenters. The maximum absolute atomic E-state index is 14.0. The van der Waals surface area contributed by atoms with Crippen LogP contribution in [-0.2, 0) is 19.1 Å². The van der Waals surface area contributed by atoms with E-state index in [1.54, 1.807) is 38.1 Å². The van der Waals surface area contributed by atoms with Gasteiger partial charge in [-0.3, -0.25) is 19.0 Å². The van der Waals surface area contributed by atoms with Crippen LogP contribution in [0.4, 0.5) is 5.69 Å². The molecule has 2 aliphatic heterocycles. The van der Waals surface area contributed by atoms with Crippen molar-refractivity contribution in [3.05, 3.63) is 96.2 Å². The van der Waals surface area contributed by atoms with E-state index in [1.165, 1.54) is 11.5 Å². The van der Waals surface area contributed by atoms with Crippen LogP contribution in [0.3, 0.4) is 0 Å². The van der Waals surface area contributed by atoms with Gasteiger partial charge in [0.2, 0.25) is 5.91 Å². The molecular formula is C27H23N3O5S. The summed E-state index contributed by atoms with van der Waals surface area (Å²) in [5, 5.41) is 0. The number of esters is 1. The highest BCUT2D eigenvalue weighted by Crippen LogP contribution is 2.35. The summed E-state index contributed by atoms with van der Waals surface area (Å²) in [4.78, 5) is 58.7. The van der Waals surface area contributed by atoms with Gasteiger partial charge in [-0.25, -0.2) is 14.7 Å². The molecule has 1 aromatic heterocycles. The minimum absolute atomic E-state index is 0.158. The van der Waals surface area contributed by atoms with Gasteiger partial charge < -0.3 is 4.74 Å². The Balaban J connectivity index is 1.83. The number of fused-ring (bicyclic) bond motifs is 2. The van der Waals surface area contributed by atoms with E-state index >= 15 is 0 Å². The number of aromatic nitrogens is 1. The molecule has 2 amide bonds. The van der Waals surface area contributed by atoms with Crippen LogP contribution < -0.4 is 19.8 Å². The fourth-order valence-corrected chi connectivity index (χ4v) is 5.79. The van der Waals surface area contributed by atoms with Gasteiger partial charge in [0.15, 0.2) is 4.80 Å². The van der Waals surface area contributed by atoms with E-state index in [9.17, 15) is 19.2 Å². The number of para-hydroxylation sites is 1. The normalized spacial score (nSPS) is 18.1. The molecule has 1 unspecified atom stereocenters. The van der Waals surface area contributed by atoms with Gasteiger partial charge in [-0.05, 0) is 32.4 Å². The molecule has 3 heterocycles. The van der Waals surface area contributed by atoms with Crippen molar-refractivity contribution in [3.63, 3.8) is 0 Å². The molecule has 5 rings (SSSR count). The topological polar surface area (TPSA) is 98.0 Å². The Morgan fingerprint density at radius 3 is 2.42 bits per heavy atom. The molecule has 2 aliphatic rings. The number of amides is 2. The van der Waals surface area contributed by atoms with Crippen molar-refractivity contribution in [2.24, 2.45) is 4.99 Å². The van der Waals surface area contributed by atoms with E-state index < -0.39 is 29.4 Å². The van der Waals surface area contributed by atoms with Crippen LogP contribution in [-0.4, -0.2) is 29.0 Å². The monoisotopic (exact) mass is 501 g/mol. The summed E-state index contributed by atoms with van der Waals surface area (Å²) >= 11 is 1.07. The van der Waals surface area contributed by atoms with Gasteiger partial charge in [0.25, 0.3) is 11.5 Å². The zero-order valence-electron chi connectivity index (χ0n) is 20.2. The molecule has 0 fully saturated rings. The molecule has 0 saturated carbocycles. The van der Waals surface area contributed by atoms with Crippen LogP contribution in [0, 0.1) is 6.92 Å². The summed E-state index contributed by atoms with van der Waals surface area (Å²) in [5.74, 6) is -1.54. The minimum atomic E-state index is -0.772. The van der Waals surface area contributed by atoms with Gasteiger partial charge in [-0.15, -0.1) is 0 Å². The summed E-state index contributed by atoms with van der Waals surface area (Å²) in [6, 6.07) is 13.7. The number of hydrogen-bond donors (Lipinski definition) is 0. The molecule has 0 spiro atoms. The van der Waals surface area contributed by atoms with Crippen molar-refractivity contribution in [2.75, 3.05) is 11.5 Å². The second-order valence-corrected chi connectivity index (χ2v) is 9.56. The number of carbonyl (C=O) groups is 3. The van der Waals surface area contributed by atoms with Crippen molar-refractivity contribution in [3.8, 4) is 0 Å². The van der Waals surface area contributed by atoms with Crippen LogP contribution >= 0.6 is 11.3 Å². The van der Waals surface area contributed by atoms with Crippen molar-refractivity contribution < 1.29 is 19.1 Å². The predicted molar refractivity (Wildman–Crippen MR) is 135 cm³/mol. The minimum Gasteiger partial charge on any atom is -0.463 e. The van der Waals surface area contributed by atoms with Crippen LogP contribution in [0.5, 0.6) is 0 Å². The number of allylic oxidation sites excluding steroid dienone is 1. The van der Waals surface area contributed by atoms with E-state index in [-0.39, 0.29) is 22.3 Å². The highest BCUT2D eigenvalue weighted by molar-refractivity contribution is 7.07. The van der Waals surface area contributed by atoms with E-state index in [0.717, 1.165) is 27.4 Å². The number of aryl methyl sites for hydroxylation is 1. The molecule has 8 nitrogen and oxygen atoms in total. The van der Waals surface area contributed by atoms with Crippen molar-refractivity contribution in [2.45, 2.75) is 33.7 Å². The van der Waals surface area contributed by atoms with E-state index in [1.807, 2.05) is 31.2 Å². The third-order valence-corrected chi connectivity index (χ3v) is 7.31. The standard InChI is InChI=1S/C27H23N3O5S/c1-5-35-26(34)20-15(3)28-27-30(22(20)17-12-10-14(2)11-13-17)25(33)23(36-27)21-18-8-6-7-9-19(18)29(16(4)31)24(21)32/h6-13,22H,5H2,1-4H3. The number of nitrogens with zero attached hydrogens (tertiary/aromatic N) is 3. The third-order valence-electron chi connectivity index (χ3n) is 6.26. The zero-order valence-corrected chi connectivity index (χ0v) is 21.0. The Bertz CT molecular complexity index is 1660. The van der Waals surface area contributed by atoms with Crippen molar-refractivity contribution in [1.29, 1.82) is 0 Å². The smallest absolute Gasteiger partial charge is 0.338 e. The second-order valence-electron chi connectivity index (χ2n) is 8.59. The molecule has 2 aromatic carbocycles. The summed E-state index contributed by atoms with van der Waals surface area (Å²) in [7, 11) is 0. The molecule has 0 aliphatic carbocycles. The first-order valence-electron chi connectivity index (χ1n) is 11.5. The lowest BCUT2D eigenvalue weighted by Crippen LogP contribution is -2.41. The lowest BCUT2D eigenvalue weighted by atomic mass is 9.95. The van der Waals surface area contributed by atoms with Crippen molar-refractivity contribution >= 4 is 40.4 Å². The number of thiazole rings is 1. The highest BCUT2D eigenvalue weighted by Gasteiger charge is 2.38. The number of ether oxygens (including phenoxy) is 1. The molecule has 182 valence electrons. The highest BCUT2D eigenvalue weighted by atomic mass is 32.1. The molecule has 0 saturated heterocycles. The largest absolute Gasteiger partial charge is 0.463 e. The molecule has 0 N–H and O–H groups in total. The van der Waals surface area contributed by atoms with E-state index in [4.69, 9.17) is 4.74 Å². The Hall–Kier alpha value is -4.11. The van der Waals surface area contributed by atoms with Gasteiger partial charge in [0, 0.05) is 12.5 Å². The van der Waals surface area contributed by atoms with Crippen LogP contribution in [0.2, 0.25) is 0 Å². The number of rotatable bonds is 3. The number of hydrogen-bond acceptors (Lipinski definition) is 7. The Labute approximate surface area is 210 Å². The van der Waals surface area contributed by atoms with Crippen LogP contribution in [0.15, 0.2) is 69.6 Å². The molecule has 3 aromatic rings. The quantitative estimate of drug-likeness (QED) is 0.514. The second kappa shape index (κ2) is 8.83. The van der Waals surface area contributed by atoms with Gasteiger partial charge in [-0.1, -0.05) is 59.4 Å². The summed E-state index contributed by atoms with van der Waals surface area (Å²) in [6.07, 6.45) is 0. The van der Waals surface area contributed by atoms with Crippen molar-refractivity contribution in [1.82, 2.24) is 4.57 Å². The lowest BCUT2D eigenvalue weighted by Gasteiger charge is -2.24. The van der Waals surface area contributed by atoms with E-state index in [2.05, 4.69) is 4.99 Å². The van der Waals surface area contributed by atoms with Crippen LogP contribution in [0.1, 0.15) is 43.5 Å². The molecule has 9 heteroatoms. The Morgan fingerprint density at radius 2 is 1.75 bits per heavy atom. The molecule has 0 bridgehead atoms. The van der Waals surface area contributed by atoms with Gasteiger partial charge >= 0.3 is 5.97 Å². The molecule has 0 radical (unpaired) electrons. The van der Waals surface area contributed by atoms with E-state index in [0.29, 0.717) is 21.7 Å². The molecule has 36 heavy (non-hydrogen) atoms. The SMILES string of the molecule is CCOC(=O)C1=C(C)N=c2sc(=C3C(=O)N(C(C)=O)c4ccccc43)c(=O)n2C1c1ccc(C)cc1. The number of carbonyl (C=O) groups excluding carboxylic acids is 3. The predicted octanol–water partition coefficient (Wildman–Crippen LogP) is 2.37. The van der Waals surface area contributed by atoms with Gasteiger partial charge in [0.1, 0.15) is 4.53 Å². The average molecular weight is 502 g/mol. The maximum atomic E-state index is 14.0. The Kier molecular flexibility index (Phi) is 5.80. The third kappa shape index (κ3) is 3.54. The fourth-order valence-electron chi connectivity index (χ4n) is 4.65. The van der Waals surface area contributed by atoms with Gasteiger partial charge in [-0.2, -0.15) is 0 Å². The van der Waals surface area contributed by atoms with Crippen LogP contribution in [0.25, 0.3) is 5.57 Å². The first-order chi connectivity index (χ1) is 17.2. The molecular weight excluding hydrogens is 478 g/mol. The Morgan fingerprint density at radius 1 is 1.06 bits per heavy atom. The average Bonchev–Trinajstić information content (AvgIpc) is 3.31. The number of imide groups is 1. The fraction of sp³-hybridized carbons (Fsp3) is 0.222. The first kappa shape index (κ1) is 23.6.